The van der Waals surface area contributed by atoms with Gasteiger partial charge in [-0.15, -0.1) is 0 Å². The lowest BCUT2D eigenvalue weighted by atomic mass is 10.1. The summed E-state index contributed by atoms with van der Waals surface area (Å²) < 4.78 is 0. The molecule has 1 saturated heterocycles. The topological polar surface area (TPSA) is 35.5 Å². The zero-order valence-electron chi connectivity index (χ0n) is 9.41. The summed E-state index contributed by atoms with van der Waals surface area (Å²) in [6.07, 6.45) is 0. The van der Waals surface area contributed by atoms with Crippen LogP contribution in [0.15, 0.2) is 18.2 Å². The van der Waals surface area contributed by atoms with Gasteiger partial charge in [-0.05, 0) is 24.6 Å². The molecule has 0 bridgehead atoms. The summed E-state index contributed by atoms with van der Waals surface area (Å²) in [4.78, 5) is 2.42. The number of hydrogen-bond donors (Lipinski definition) is 2. The Morgan fingerprint density at radius 1 is 1.38 bits per heavy atom. The van der Waals surface area contributed by atoms with E-state index in [1.54, 1.807) is 6.07 Å². The van der Waals surface area contributed by atoms with Crippen molar-refractivity contribution in [2.75, 3.05) is 26.2 Å². The van der Waals surface area contributed by atoms with Gasteiger partial charge in [0.25, 0.3) is 0 Å². The summed E-state index contributed by atoms with van der Waals surface area (Å²) in [6.45, 7) is 6.36. The van der Waals surface area contributed by atoms with Crippen LogP contribution in [0.1, 0.15) is 18.5 Å². The predicted molar refractivity (Wildman–Crippen MR) is 66.0 cm³/mol. The smallest absolute Gasteiger partial charge is 0.134 e. The van der Waals surface area contributed by atoms with E-state index in [4.69, 9.17) is 11.6 Å². The number of nitrogens with zero attached hydrogens (tertiary/aromatic N) is 1. The van der Waals surface area contributed by atoms with Crippen LogP contribution in [-0.4, -0.2) is 36.2 Å². The van der Waals surface area contributed by atoms with Crippen LogP contribution in [-0.2, 0) is 0 Å². The van der Waals surface area contributed by atoms with Gasteiger partial charge in [-0.1, -0.05) is 17.7 Å². The van der Waals surface area contributed by atoms with Crippen molar-refractivity contribution in [3.05, 3.63) is 28.8 Å². The summed E-state index contributed by atoms with van der Waals surface area (Å²) in [7, 11) is 0. The lowest BCUT2D eigenvalue weighted by Gasteiger charge is -2.33. The third kappa shape index (κ3) is 2.48. The van der Waals surface area contributed by atoms with E-state index in [9.17, 15) is 5.11 Å². The van der Waals surface area contributed by atoms with Crippen LogP contribution >= 0.6 is 11.6 Å². The van der Waals surface area contributed by atoms with Crippen molar-refractivity contribution in [2.45, 2.75) is 13.0 Å². The lowest BCUT2D eigenvalue weighted by molar-refractivity contribution is 0.185. The van der Waals surface area contributed by atoms with Gasteiger partial charge < -0.3 is 10.4 Å². The highest BCUT2D eigenvalue weighted by Crippen LogP contribution is 2.28. The molecule has 0 radical (unpaired) electrons. The standard InChI is InChI=1S/C12H17ClN2O/c1-9(15-6-4-14-5-7-15)10-2-3-12(16)11(13)8-10/h2-3,8-9,14,16H,4-7H2,1H3/t9-/m1/s1. The zero-order valence-corrected chi connectivity index (χ0v) is 10.2. The average molecular weight is 241 g/mol. The molecule has 0 spiro atoms. The van der Waals surface area contributed by atoms with Crippen molar-refractivity contribution in [3.8, 4) is 5.75 Å². The van der Waals surface area contributed by atoms with Crippen LogP contribution in [0.3, 0.4) is 0 Å². The third-order valence-corrected chi connectivity index (χ3v) is 3.46. The minimum atomic E-state index is 0.151. The molecule has 1 aliphatic rings. The minimum absolute atomic E-state index is 0.151. The average Bonchev–Trinajstić information content (AvgIpc) is 2.33. The second kappa shape index (κ2) is 5.04. The maximum atomic E-state index is 9.38. The Labute approximate surface area is 101 Å². The maximum Gasteiger partial charge on any atom is 0.134 e. The van der Waals surface area contributed by atoms with Gasteiger partial charge in [-0.2, -0.15) is 0 Å². The Morgan fingerprint density at radius 2 is 2.06 bits per heavy atom. The van der Waals surface area contributed by atoms with E-state index in [1.165, 1.54) is 0 Å². The monoisotopic (exact) mass is 240 g/mol. The van der Waals surface area contributed by atoms with Crippen LogP contribution in [0.4, 0.5) is 0 Å². The Hall–Kier alpha value is -0.770. The Balaban J connectivity index is 2.12. The van der Waals surface area contributed by atoms with E-state index in [0.29, 0.717) is 11.1 Å². The number of aromatic hydroxyl groups is 1. The first kappa shape index (κ1) is 11.7. The molecule has 0 saturated carbocycles. The molecule has 88 valence electrons. The van der Waals surface area contributed by atoms with Crippen molar-refractivity contribution >= 4 is 11.6 Å². The van der Waals surface area contributed by atoms with Crippen molar-refractivity contribution in [3.63, 3.8) is 0 Å². The second-order valence-electron chi connectivity index (χ2n) is 4.17. The van der Waals surface area contributed by atoms with Crippen LogP contribution in [0, 0.1) is 0 Å². The molecule has 1 aromatic carbocycles. The van der Waals surface area contributed by atoms with Gasteiger partial charge in [0.2, 0.25) is 0 Å². The molecular weight excluding hydrogens is 224 g/mol. The molecule has 3 nitrogen and oxygen atoms in total. The molecule has 1 aliphatic heterocycles. The first-order valence-corrected chi connectivity index (χ1v) is 5.99. The van der Waals surface area contributed by atoms with Gasteiger partial charge in [0.05, 0.1) is 5.02 Å². The molecule has 1 aromatic rings. The first-order chi connectivity index (χ1) is 7.68. The van der Waals surface area contributed by atoms with E-state index < -0.39 is 0 Å². The number of benzene rings is 1. The van der Waals surface area contributed by atoms with Gasteiger partial charge in [0.15, 0.2) is 0 Å². The molecule has 2 rings (SSSR count). The van der Waals surface area contributed by atoms with Gasteiger partial charge in [-0.25, -0.2) is 0 Å². The fourth-order valence-corrected chi connectivity index (χ4v) is 2.25. The van der Waals surface area contributed by atoms with Crippen molar-refractivity contribution in [2.24, 2.45) is 0 Å². The number of rotatable bonds is 2. The molecule has 16 heavy (non-hydrogen) atoms. The third-order valence-electron chi connectivity index (χ3n) is 3.15. The van der Waals surface area contributed by atoms with Crippen molar-refractivity contribution in [1.82, 2.24) is 10.2 Å². The second-order valence-corrected chi connectivity index (χ2v) is 4.58. The Morgan fingerprint density at radius 3 is 2.69 bits per heavy atom. The Bertz CT molecular complexity index is 364. The van der Waals surface area contributed by atoms with E-state index in [0.717, 1.165) is 31.7 Å². The molecule has 0 amide bonds. The molecule has 1 fully saturated rings. The SMILES string of the molecule is C[C@H](c1ccc(O)c(Cl)c1)N1CCNCC1. The van der Waals surface area contributed by atoms with Crippen LogP contribution in [0.25, 0.3) is 0 Å². The van der Waals surface area contributed by atoms with E-state index in [-0.39, 0.29) is 5.75 Å². The fourth-order valence-electron chi connectivity index (χ4n) is 2.06. The predicted octanol–water partition coefficient (Wildman–Crippen LogP) is 2.01. The van der Waals surface area contributed by atoms with Gasteiger partial charge in [-0.3, -0.25) is 4.90 Å². The van der Waals surface area contributed by atoms with Gasteiger partial charge in [0.1, 0.15) is 5.75 Å². The zero-order chi connectivity index (χ0) is 11.5. The highest BCUT2D eigenvalue weighted by Gasteiger charge is 2.18. The summed E-state index contributed by atoms with van der Waals surface area (Å²) in [5, 5.41) is 13.1. The lowest BCUT2D eigenvalue weighted by Crippen LogP contribution is -2.44. The van der Waals surface area contributed by atoms with E-state index in [1.807, 2.05) is 12.1 Å². The molecule has 0 unspecified atom stereocenters. The molecule has 0 aromatic heterocycles. The highest BCUT2D eigenvalue weighted by atomic mass is 35.5. The molecular formula is C12H17ClN2O. The molecule has 4 heteroatoms. The number of piperazine rings is 1. The van der Waals surface area contributed by atoms with Crippen molar-refractivity contribution in [1.29, 1.82) is 0 Å². The van der Waals surface area contributed by atoms with Gasteiger partial charge in [0, 0.05) is 32.2 Å². The minimum Gasteiger partial charge on any atom is -0.506 e. The van der Waals surface area contributed by atoms with Crippen LogP contribution in [0.2, 0.25) is 5.02 Å². The molecule has 2 N–H and O–H groups in total. The fraction of sp³-hybridized carbons (Fsp3) is 0.500. The highest BCUT2D eigenvalue weighted by molar-refractivity contribution is 6.32. The number of halogens is 1. The van der Waals surface area contributed by atoms with Gasteiger partial charge >= 0.3 is 0 Å². The summed E-state index contributed by atoms with van der Waals surface area (Å²) in [5.74, 6) is 0.151. The van der Waals surface area contributed by atoms with Crippen LogP contribution < -0.4 is 5.32 Å². The maximum absolute atomic E-state index is 9.38. The number of phenols is 1. The number of phenolic OH excluding ortho intramolecular Hbond substituents is 1. The number of hydrogen-bond acceptors (Lipinski definition) is 3. The number of nitrogens with one attached hydrogen (secondary N) is 1. The first-order valence-electron chi connectivity index (χ1n) is 5.61. The molecule has 0 aliphatic carbocycles. The molecule has 1 heterocycles. The normalized spacial score (nSPS) is 19.6. The van der Waals surface area contributed by atoms with Crippen LogP contribution in [0.5, 0.6) is 5.75 Å². The summed E-state index contributed by atoms with van der Waals surface area (Å²) >= 11 is 5.92. The largest absolute Gasteiger partial charge is 0.506 e. The summed E-state index contributed by atoms with van der Waals surface area (Å²) in [5.41, 5.74) is 1.16. The summed E-state index contributed by atoms with van der Waals surface area (Å²) in [6, 6.07) is 5.80. The van der Waals surface area contributed by atoms with E-state index >= 15 is 0 Å². The molecule has 1 atom stereocenters. The Kier molecular flexibility index (Phi) is 3.69. The van der Waals surface area contributed by atoms with E-state index in [2.05, 4.69) is 17.1 Å². The van der Waals surface area contributed by atoms with Crippen molar-refractivity contribution < 1.29 is 5.11 Å². The quantitative estimate of drug-likeness (QED) is 0.830.